The summed E-state index contributed by atoms with van der Waals surface area (Å²) < 4.78 is 0. The summed E-state index contributed by atoms with van der Waals surface area (Å²) in [5.74, 6) is 0.799. The van der Waals surface area contributed by atoms with E-state index in [4.69, 9.17) is 5.73 Å². The number of nitrogens with one attached hydrogen (secondary N) is 1. The van der Waals surface area contributed by atoms with Crippen molar-refractivity contribution in [2.45, 2.75) is 31.7 Å². The fourth-order valence-electron chi connectivity index (χ4n) is 1.75. The second-order valence-corrected chi connectivity index (χ2v) is 3.25. The molecule has 0 aromatic carbocycles. The van der Waals surface area contributed by atoms with Crippen molar-refractivity contribution >= 4 is 0 Å². The molecular formula is C8H18N2. The van der Waals surface area contributed by atoms with Gasteiger partial charge in [0, 0.05) is 6.04 Å². The lowest BCUT2D eigenvalue weighted by molar-refractivity contribution is 0.440. The van der Waals surface area contributed by atoms with Gasteiger partial charge in [0.25, 0.3) is 0 Å². The van der Waals surface area contributed by atoms with Gasteiger partial charge in [0.1, 0.15) is 0 Å². The van der Waals surface area contributed by atoms with Crippen LogP contribution in [0.25, 0.3) is 0 Å². The van der Waals surface area contributed by atoms with Crippen molar-refractivity contribution < 1.29 is 0 Å². The molecule has 2 heteroatoms. The first-order valence-electron chi connectivity index (χ1n) is 4.24. The first-order valence-corrected chi connectivity index (χ1v) is 4.24. The van der Waals surface area contributed by atoms with Gasteiger partial charge in [-0.25, -0.2) is 0 Å². The third kappa shape index (κ3) is 1.96. The van der Waals surface area contributed by atoms with Crippen LogP contribution in [0.1, 0.15) is 25.7 Å². The van der Waals surface area contributed by atoms with E-state index in [2.05, 4.69) is 5.32 Å². The second-order valence-electron chi connectivity index (χ2n) is 3.25. The molecule has 0 saturated heterocycles. The van der Waals surface area contributed by atoms with Gasteiger partial charge < -0.3 is 11.1 Å². The molecule has 0 spiro atoms. The average Bonchev–Trinajstić information content (AvgIpc) is 2.31. The van der Waals surface area contributed by atoms with E-state index in [-0.39, 0.29) is 0 Å². The largest absolute Gasteiger partial charge is 0.327 e. The fraction of sp³-hybridized carbons (Fsp3) is 1.00. The average molecular weight is 142 g/mol. The van der Waals surface area contributed by atoms with Gasteiger partial charge >= 0.3 is 0 Å². The van der Waals surface area contributed by atoms with Gasteiger partial charge in [0.15, 0.2) is 0 Å². The molecule has 10 heavy (non-hydrogen) atoms. The van der Waals surface area contributed by atoms with Crippen LogP contribution in [0.5, 0.6) is 0 Å². The Labute approximate surface area is 63.2 Å². The predicted molar refractivity (Wildman–Crippen MR) is 43.9 cm³/mol. The van der Waals surface area contributed by atoms with Crippen molar-refractivity contribution in [1.82, 2.24) is 5.32 Å². The molecule has 0 aromatic rings. The fourth-order valence-corrected chi connectivity index (χ4v) is 1.75. The van der Waals surface area contributed by atoms with E-state index in [0.29, 0.717) is 6.04 Å². The molecule has 2 atom stereocenters. The first kappa shape index (κ1) is 8.02. The lowest BCUT2D eigenvalue weighted by atomic mass is 10.0. The predicted octanol–water partition coefficient (Wildman–Crippen LogP) is 0.723. The van der Waals surface area contributed by atoms with Crippen molar-refractivity contribution in [3.8, 4) is 0 Å². The quantitative estimate of drug-likeness (QED) is 0.609. The Kier molecular flexibility index (Phi) is 3.16. The van der Waals surface area contributed by atoms with E-state index >= 15 is 0 Å². The van der Waals surface area contributed by atoms with Gasteiger partial charge in [-0.3, -0.25) is 0 Å². The normalized spacial score (nSPS) is 33.0. The number of hydrogen-bond acceptors (Lipinski definition) is 2. The molecule has 1 fully saturated rings. The second kappa shape index (κ2) is 3.94. The highest BCUT2D eigenvalue weighted by Gasteiger charge is 2.22. The zero-order chi connectivity index (χ0) is 7.40. The zero-order valence-electron chi connectivity index (χ0n) is 6.77. The molecule has 0 amide bonds. The lowest BCUT2D eigenvalue weighted by Gasteiger charge is -2.13. The molecule has 0 aromatic heterocycles. The van der Waals surface area contributed by atoms with E-state index < -0.39 is 0 Å². The van der Waals surface area contributed by atoms with Crippen molar-refractivity contribution in [1.29, 1.82) is 0 Å². The van der Waals surface area contributed by atoms with Crippen molar-refractivity contribution in [3.05, 3.63) is 0 Å². The summed E-state index contributed by atoms with van der Waals surface area (Å²) in [5, 5.41) is 3.16. The van der Waals surface area contributed by atoms with Crippen LogP contribution in [0.3, 0.4) is 0 Å². The van der Waals surface area contributed by atoms with E-state index in [1.165, 1.54) is 25.7 Å². The first-order chi connectivity index (χ1) is 4.84. The third-order valence-electron chi connectivity index (χ3n) is 2.48. The van der Waals surface area contributed by atoms with Gasteiger partial charge in [0.2, 0.25) is 0 Å². The maximum absolute atomic E-state index is 5.89. The standard InChI is InChI=1S/C8H18N2/c1-10-6-5-7-3-2-4-8(7)9/h7-8,10H,2-6,9H2,1H3. The SMILES string of the molecule is CNCCC1CCCC1N. The molecule has 0 bridgehead atoms. The minimum absolute atomic E-state index is 0.494. The molecule has 2 unspecified atom stereocenters. The van der Waals surface area contributed by atoms with Crippen molar-refractivity contribution in [2.24, 2.45) is 11.7 Å². The maximum Gasteiger partial charge on any atom is 0.00676 e. The smallest absolute Gasteiger partial charge is 0.00676 e. The third-order valence-corrected chi connectivity index (χ3v) is 2.48. The van der Waals surface area contributed by atoms with Gasteiger partial charge in [-0.2, -0.15) is 0 Å². The monoisotopic (exact) mass is 142 g/mol. The van der Waals surface area contributed by atoms with Gasteiger partial charge in [-0.15, -0.1) is 0 Å². The molecular weight excluding hydrogens is 124 g/mol. The highest BCUT2D eigenvalue weighted by Crippen LogP contribution is 2.25. The highest BCUT2D eigenvalue weighted by atomic mass is 14.8. The van der Waals surface area contributed by atoms with E-state index in [1.807, 2.05) is 7.05 Å². The number of nitrogens with two attached hydrogens (primary N) is 1. The van der Waals surface area contributed by atoms with Crippen LogP contribution >= 0.6 is 0 Å². The van der Waals surface area contributed by atoms with Crippen molar-refractivity contribution in [3.63, 3.8) is 0 Å². The molecule has 2 nitrogen and oxygen atoms in total. The summed E-state index contributed by atoms with van der Waals surface area (Å²) in [6, 6.07) is 0.494. The Morgan fingerprint density at radius 2 is 2.30 bits per heavy atom. The molecule has 1 rings (SSSR count). The summed E-state index contributed by atoms with van der Waals surface area (Å²) in [4.78, 5) is 0. The van der Waals surface area contributed by atoms with Gasteiger partial charge in [-0.05, 0) is 38.8 Å². The minimum atomic E-state index is 0.494. The Morgan fingerprint density at radius 1 is 1.50 bits per heavy atom. The van der Waals surface area contributed by atoms with Crippen LogP contribution in [0, 0.1) is 5.92 Å². The zero-order valence-corrected chi connectivity index (χ0v) is 6.77. The summed E-state index contributed by atoms with van der Waals surface area (Å²) in [5.41, 5.74) is 5.89. The highest BCUT2D eigenvalue weighted by molar-refractivity contribution is 4.80. The van der Waals surface area contributed by atoms with Gasteiger partial charge in [-0.1, -0.05) is 6.42 Å². The Morgan fingerprint density at radius 3 is 2.80 bits per heavy atom. The molecule has 1 aliphatic rings. The molecule has 0 aliphatic heterocycles. The summed E-state index contributed by atoms with van der Waals surface area (Å²) in [7, 11) is 2.00. The maximum atomic E-state index is 5.89. The molecule has 60 valence electrons. The molecule has 0 radical (unpaired) electrons. The number of rotatable bonds is 3. The lowest BCUT2D eigenvalue weighted by Crippen LogP contribution is -2.26. The summed E-state index contributed by atoms with van der Waals surface area (Å²) in [6.45, 7) is 1.12. The molecule has 3 N–H and O–H groups in total. The Hall–Kier alpha value is -0.0800. The van der Waals surface area contributed by atoms with E-state index in [0.717, 1.165) is 12.5 Å². The van der Waals surface area contributed by atoms with Crippen LogP contribution in [0.15, 0.2) is 0 Å². The topological polar surface area (TPSA) is 38.0 Å². The van der Waals surface area contributed by atoms with E-state index in [9.17, 15) is 0 Å². The Bertz CT molecular complexity index is 93.3. The molecule has 1 aliphatic carbocycles. The van der Waals surface area contributed by atoms with Crippen LogP contribution < -0.4 is 11.1 Å². The van der Waals surface area contributed by atoms with Crippen LogP contribution in [0.4, 0.5) is 0 Å². The summed E-state index contributed by atoms with van der Waals surface area (Å²) in [6.07, 6.45) is 5.20. The van der Waals surface area contributed by atoms with Crippen LogP contribution in [0.2, 0.25) is 0 Å². The Balaban J connectivity index is 2.14. The molecule has 0 heterocycles. The number of hydrogen-bond donors (Lipinski definition) is 2. The van der Waals surface area contributed by atoms with Gasteiger partial charge in [0.05, 0.1) is 0 Å². The van der Waals surface area contributed by atoms with E-state index in [1.54, 1.807) is 0 Å². The van der Waals surface area contributed by atoms with Crippen molar-refractivity contribution in [2.75, 3.05) is 13.6 Å². The van der Waals surface area contributed by atoms with Crippen LogP contribution in [-0.4, -0.2) is 19.6 Å². The van der Waals surface area contributed by atoms with Crippen LogP contribution in [-0.2, 0) is 0 Å². The molecule has 1 saturated carbocycles. The summed E-state index contributed by atoms with van der Waals surface area (Å²) >= 11 is 0. The minimum Gasteiger partial charge on any atom is -0.327 e.